The number of aryl methyl sites for hydroxylation is 1. The lowest BCUT2D eigenvalue weighted by atomic mass is 10.3. The van der Waals surface area contributed by atoms with Crippen LogP contribution in [-0.4, -0.2) is 27.0 Å². The van der Waals surface area contributed by atoms with Crippen LogP contribution in [0.15, 0.2) is 42.6 Å². The molecule has 2 heterocycles. The number of nitrogens with zero attached hydrogens (tertiary/aromatic N) is 2. The summed E-state index contributed by atoms with van der Waals surface area (Å²) in [4.78, 5) is 19.8. The molecule has 0 aliphatic heterocycles. The van der Waals surface area contributed by atoms with E-state index in [4.69, 9.17) is 0 Å². The van der Waals surface area contributed by atoms with E-state index in [2.05, 4.69) is 15.3 Å². The largest absolute Gasteiger partial charge is 0.350 e. The zero-order valence-corrected chi connectivity index (χ0v) is 12.0. The van der Waals surface area contributed by atoms with Crippen molar-refractivity contribution >= 4 is 16.9 Å². The average molecular weight is 282 g/mol. The summed E-state index contributed by atoms with van der Waals surface area (Å²) in [7, 11) is 0. The molecule has 5 heteroatoms. The molecule has 0 radical (unpaired) electrons. The summed E-state index contributed by atoms with van der Waals surface area (Å²) < 4.78 is 1.93. The van der Waals surface area contributed by atoms with E-state index in [0.29, 0.717) is 18.7 Å². The molecule has 0 spiro atoms. The predicted octanol–water partition coefficient (Wildman–Crippen LogP) is 2.36. The van der Waals surface area contributed by atoms with Gasteiger partial charge in [-0.05, 0) is 31.2 Å². The maximum Gasteiger partial charge on any atom is 0.267 e. The van der Waals surface area contributed by atoms with Gasteiger partial charge in [0, 0.05) is 25.7 Å². The van der Waals surface area contributed by atoms with Crippen molar-refractivity contribution in [2.75, 3.05) is 6.54 Å². The highest BCUT2D eigenvalue weighted by molar-refractivity contribution is 5.92. The second-order valence-electron chi connectivity index (χ2n) is 4.89. The first-order valence-electron chi connectivity index (χ1n) is 7.15. The highest BCUT2D eigenvalue weighted by Gasteiger charge is 2.09. The quantitative estimate of drug-likeness (QED) is 0.754. The number of rotatable bonds is 5. The van der Waals surface area contributed by atoms with Crippen LogP contribution >= 0.6 is 0 Å². The normalized spacial score (nSPS) is 10.9. The lowest BCUT2D eigenvalue weighted by Crippen LogP contribution is -2.27. The number of nitrogens with one attached hydrogen (secondary N) is 2. The van der Waals surface area contributed by atoms with Crippen LogP contribution in [0, 0.1) is 0 Å². The van der Waals surface area contributed by atoms with Gasteiger partial charge in [-0.2, -0.15) is 0 Å². The third kappa shape index (κ3) is 2.81. The predicted molar refractivity (Wildman–Crippen MR) is 82.2 cm³/mol. The third-order valence-corrected chi connectivity index (χ3v) is 3.49. The summed E-state index contributed by atoms with van der Waals surface area (Å²) in [6.07, 6.45) is 2.60. The zero-order valence-electron chi connectivity index (χ0n) is 12.0. The Bertz CT molecular complexity index is 723. The number of aromatic nitrogens is 3. The maximum atomic E-state index is 12.1. The van der Waals surface area contributed by atoms with Crippen LogP contribution in [0.25, 0.3) is 11.0 Å². The summed E-state index contributed by atoms with van der Waals surface area (Å²) in [5.74, 6) is 0.848. The zero-order chi connectivity index (χ0) is 14.7. The van der Waals surface area contributed by atoms with Gasteiger partial charge in [0.25, 0.3) is 5.91 Å². The van der Waals surface area contributed by atoms with Gasteiger partial charge in [-0.25, -0.2) is 4.98 Å². The van der Waals surface area contributed by atoms with E-state index < -0.39 is 0 Å². The van der Waals surface area contributed by atoms with Gasteiger partial charge in [-0.1, -0.05) is 12.1 Å². The average Bonchev–Trinajstić information content (AvgIpc) is 3.12. The summed E-state index contributed by atoms with van der Waals surface area (Å²) in [6.45, 7) is 3.37. The molecule has 0 aliphatic rings. The van der Waals surface area contributed by atoms with Crippen LogP contribution in [0.4, 0.5) is 0 Å². The van der Waals surface area contributed by atoms with E-state index in [1.807, 2.05) is 54.1 Å². The number of imidazole rings is 1. The SMILES string of the molecule is CCn1cccc1C(=O)NCCc1nc2ccccc2[nH]1. The van der Waals surface area contributed by atoms with Gasteiger partial charge in [-0.15, -0.1) is 0 Å². The van der Waals surface area contributed by atoms with Crippen LogP contribution in [0.3, 0.4) is 0 Å². The van der Waals surface area contributed by atoms with Gasteiger partial charge in [0.1, 0.15) is 11.5 Å². The molecule has 0 aliphatic carbocycles. The van der Waals surface area contributed by atoms with E-state index in [-0.39, 0.29) is 5.91 Å². The van der Waals surface area contributed by atoms with Gasteiger partial charge < -0.3 is 14.9 Å². The van der Waals surface area contributed by atoms with E-state index >= 15 is 0 Å². The van der Waals surface area contributed by atoms with Crippen LogP contribution in [0.5, 0.6) is 0 Å². The topological polar surface area (TPSA) is 62.7 Å². The fourth-order valence-electron chi connectivity index (χ4n) is 2.41. The minimum Gasteiger partial charge on any atom is -0.350 e. The second-order valence-corrected chi connectivity index (χ2v) is 4.89. The monoisotopic (exact) mass is 282 g/mol. The van der Waals surface area contributed by atoms with Gasteiger partial charge >= 0.3 is 0 Å². The Morgan fingerprint density at radius 2 is 2.14 bits per heavy atom. The number of amides is 1. The maximum absolute atomic E-state index is 12.1. The number of hydrogen-bond acceptors (Lipinski definition) is 2. The standard InChI is InChI=1S/C16H18N4O/c1-2-20-11-5-8-14(20)16(21)17-10-9-15-18-12-6-3-4-7-13(12)19-15/h3-8,11H,2,9-10H2,1H3,(H,17,21)(H,18,19). The van der Waals surface area contributed by atoms with E-state index in [0.717, 1.165) is 23.4 Å². The molecule has 2 N–H and O–H groups in total. The fourth-order valence-corrected chi connectivity index (χ4v) is 2.41. The molecule has 3 aromatic rings. The number of para-hydroxylation sites is 2. The molecule has 0 atom stereocenters. The van der Waals surface area contributed by atoms with Crippen molar-refractivity contribution in [3.05, 3.63) is 54.1 Å². The molecule has 1 aromatic carbocycles. The Hall–Kier alpha value is -2.56. The van der Waals surface area contributed by atoms with Gasteiger partial charge in [0.15, 0.2) is 0 Å². The second kappa shape index (κ2) is 5.83. The molecule has 5 nitrogen and oxygen atoms in total. The number of fused-ring (bicyclic) bond motifs is 1. The minimum atomic E-state index is -0.0436. The molecule has 2 aromatic heterocycles. The van der Waals surface area contributed by atoms with Crippen LogP contribution < -0.4 is 5.32 Å². The Balaban J connectivity index is 1.59. The molecule has 0 saturated carbocycles. The number of carbonyl (C=O) groups is 1. The summed E-state index contributed by atoms with van der Waals surface area (Å²) >= 11 is 0. The first-order valence-corrected chi connectivity index (χ1v) is 7.15. The highest BCUT2D eigenvalue weighted by Crippen LogP contribution is 2.10. The molecule has 0 bridgehead atoms. The van der Waals surface area contributed by atoms with Crippen molar-refractivity contribution in [3.63, 3.8) is 0 Å². The van der Waals surface area contributed by atoms with Crippen LogP contribution in [-0.2, 0) is 13.0 Å². The molecule has 108 valence electrons. The molecular formula is C16H18N4O. The summed E-state index contributed by atoms with van der Waals surface area (Å²) in [5, 5.41) is 2.93. The summed E-state index contributed by atoms with van der Waals surface area (Å²) in [6, 6.07) is 11.6. The molecule has 1 amide bonds. The number of aromatic amines is 1. The third-order valence-electron chi connectivity index (χ3n) is 3.49. The van der Waals surface area contributed by atoms with Crippen LogP contribution in [0.1, 0.15) is 23.2 Å². The first kappa shape index (κ1) is 13.4. The molecule has 0 saturated heterocycles. The number of hydrogen-bond donors (Lipinski definition) is 2. The molecule has 0 fully saturated rings. The van der Waals surface area contributed by atoms with Crippen molar-refractivity contribution in [1.29, 1.82) is 0 Å². The van der Waals surface area contributed by atoms with E-state index in [1.54, 1.807) is 0 Å². The van der Waals surface area contributed by atoms with Gasteiger partial charge in [0.05, 0.1) is 11.0 Å². The molecule has 3 rings (SSSR count). The molecule has 0 unspecified atom stereocenters. The lowest BCUT2D eigenvalue weighted by molar-refractivity contribution is 0.0945. The number of carbonyl (C=O) groups excluding carboxylic acids is 1. The lowest BCUT2D eigenvalue weighted by Gasteiger charge is -2.06. The smallest absolute Gasteiger partial charge is 0.267 e. The summed E-state index contributed by atoms with van der Waals surface area (Å²) in [5.41, 5.74) is 2.68. The molecular weight excluding hydrogens is 264 g/mol. The van der Waals surface area contributed by atoms with Crippen molar-refractivity contribution in [3.8, 4) is 0 Å². The minimum absolute atomic E-state index is 0.0436. The van der Waals surface area contributed by atoms with Gasteiger partial charge in [0.2, 0.25) is 0 Å². The van der Waals surface area contributed by atoms with Gasteiger partial charge in [-0.3, -0.25) is 4.79 Å². The van der Waals surface area contributed by atoms with Crippen molar-refractivity contribution < 1.29 is 4.79 Å². The Kier molecular flexibility index (Phi) is 3.73. The van der Waals surface area contributed by atoms with E-state index in [1.165, 1.54) is 0 Å². The Morgan fingerprint density at radius 1 is 1.29 bits per heavy atom. The van der Waals surface area contributed by atoms with Crippen molar-refractivity contribution in [1.82, 2.24) is 19.9 Å². The molecule has 21 heavy (non-hydrogen) atoms. The number of benzene rings is 1. The highest BCUT2D eigenvalue weighted by atomic mass is 16.1. The Labute approximate surface area is 123 Å². The first-order chi connectivity index (χ1) is 10.3. The van der Waals surface area contributed by atoms with Crippen LogP contribution in [0.2, 0.25) is 0 Å². The fraction of sp³-hybridized carbons (Fsp3) is 0.250. The van der Waals surface area contributed by atoms with Crippen molar-refractivity contribution in [2.45, 2.75) is 19.9 Å². The van der Waals surface area contributed by atoms with E-state index in [9.17, 15) is 4.79 Å². The number of H-pyrrole nitrogens is 1. The Morgan fingerprint density at radius 3 is 2.95 bits per heavy atom. The van der Waals surface area contributed by atoms with Crippen molar-refractivity contribution in [2.24, 2.45) is 0 Å².